The van der Waals surface area contributed by atoms with Crippen LogP contribution in [0.5, 0.6) is 0 Å². The molecular weight excluding hydrogens is 126 g/mol. The monoisotopic (exact) mass is 141 g/mol. The van der Waals surface area contributed by atoms with Crippen molar-refractivity contribution in [3.8, 4) is 0 Å². The van der Waals surface area contributed by atoms with Crippen molar-refractivity contribution in [2.24, 2.45) is 17.3 Å². The molecule has 1 aliphatic carbocycles. The van der Waals surface area contributed by atoms with Crippen LogP contribution in [0.25, 0.3) is 0 Å². The van der Waals surface area contributed by atoms with Crippen LogP contribution >= 0.6 is 0 Å². The van der Waals surface area contributed by atoms with E-state index in [9.17, 15) is 0 Å². The van der Waals surface area contributed by atoms with Gasteiger partial charge in [-0.15, -0.1) is 0 Å². The molecule has 2 rings (SSSR count). The fraction of sp³-hybridized carbons (Fsp3) is 1.00. The molecule has 0 aromatic rings. The lowest BCUT2D eigenvalue weighted by molar-refractivity contribution is 0.237. The van der Waals surface area contributed by atoms with Crippen LogP contribution in [-0.4, -0.2) is 24.8 Å². The maximum Gasteiger partial charge on any atom is 0.0436 e. The third-order valence-corrected chi connectivity index (χ3v) is 3.45. The van der Waals surface area contributed by atoms with Crippen LogP contribution in [-0.2, 0) is 0 Å². The lowest BCUT2D eigenvalue weighted by atomic mass is 9.99. The summed E-state index contributed by atoms with van der Waals surface area (Å²) in [5.74, 6) is 1.75. The Morgan fingerprint density at radius 2 is 2.10 bits per heavy atom. The predicted molar refractivity (Wildman–Crippen MR) is 39.7 cm³/mol. The summed E-state index contributed by atoms with van der Waals surface area (Å²) in [5, 5.41) is 12.1. The summed E-state index contributed by atoms with van der Waals surface area (Å²) >= 11 is 0. The number of piperidine rings is 1. The van der Waals surface area contributed by atoms with Gasteiger partial charge in [-0.3, -0.25) is 0 Å². The molecule has 2 aliphatic rings. The maximum atomic E-state index is 8.78. The summed E-state index contributed by atoms with van der Waals surface area (Å²) in [6.45, 7) is 5.03. The summed E-state index contributed by atoms with van der Waals surface area (Å²) in [6, 6.07) is 0. The molecule has 10 heavy (non-hydrogen) atoms. The van der Waals surface area contributed by atoms with Crippen LogP contribution in [0.2, 0.25) is 0 Å². The fourth-order valence-electron chi connectivity index (χ4n) is 2.52. The van der Waals surface area contributed by atoms with E-state index in [1.165, 1.54) is 13.1 Å². The number of nitrogens with one attached hydrogen (secondary N) is 1. The van der Waals surface area contributed by atoms with Crippen molar-refractivity contribution < 1.29 is 5.11 Å². The van der Waals surface area contributed by atoms with E-state index in [-0.39, 0.29) is 0 Å². The summed E-state index contributed by atoms with van der Waals surface area (Å²) in [5.41, 5.74) is 0.500. The van der Waals surface area contributed by atoms with E-state index in [1.807, 2.05) is 0 Å². The highest BCUT2D eigenvalue weighted by molar-refractivity contribution is 5.12. The van der Waals surface area contributed by atoms with E-state index < -0.39 is 0 Å². The molecule has 2 N–H and O–H groups in total. The van der Waals surface area contributed by atoms with Crippen LogP contribution in [0, 0.1) is 17.3 Å². The highest BCUT2D eigenvalue weighted by Crippen LogP contribution is 2.62. The van der Waals surface area contributed by atoms with Crippen LogP contribution in [0.4, 0.5) is 0 Å². The van der Waals surface area contributed by atoms with Gasteiger partial charge in [0.1, 0.15) is 0 Å². The van der Waals surface area contributed by atoms with Crippen molar-refractivity contribution in [2.45, 2.75) is 13.3 Å². The van der Waals surface area contributed by atoms with Gasteiger partial charge >= 0.3 is 0 Å². The van der Waals surface area contributed by atoms with Crippen molar-refractivity contribution in [1.29, 1.82) is 0 Å². The summed E-state index contributed by atoms with van der Waals surface area (Å²) in [4.78, 5) is 0. The lowest BCUT2D eigenvalue weighted by Crippen LogP contribution is -2.20. The Hall–Kier alpha value is -0.0800. The third-order valence-electron chi connectivity index (χ3n) is 3.45. The molecule has 2 nitrogen and oxygen atoms in total. The Morgan fingerprint density at radius 1 is 1.50 bits per heavy atom. The minimum atomic E-state index is 0.365. The Kier molecular flexibility index (Phi) is 1.29. The standard InChI is InChI=1S/C8H15NO/c1-8(2-3-10)6-4-9-5-7(6)8/h6-7,9-10H,2-5H2,1H3/t6-,7+,8?. The third kappa shape index (κ3) is 0.663. The summed E-state index contributed by atoms with van der Waals surface area (Å²) in [6.07, 6.45) is 1.00. The second-order valence-corrected chi connectivity index (χ2v) is 3.85. The molecule has 1 unspecified atom stereocenters. The van der Waals surface area contributed by atoms with E-state index in [0.29, 0.717) is 12.0 Å². The minimum absolute atomic E-state index is 0.365. The normalized spacial score (nSPS) is 51.0. The van der Waals surface area contributed by atoms with Gasteiger partial charge < -0.3 is 10.4 Å². The molecule has 0 spiro atoms. The molecule has 2 fully saturated rings. The molecule has 0 radical (unpaired) electrons. The van der Waals surface area contributed by atoms with Gasteiger partial charge in [-0.1, -0.05) is 6.92 Å². The maximum absolute atomic E-state index is 8.78. The van der Waals surface area contributed by atoms with Gasteiger partial charge in [-0.05, 0) is 36.8 Å². The van der Waals surface area contributed by atoms with E-state index in [1.54, 1.807) is 0 Å². The van der Waals surface area contributed by atoms with Crippen molar-refractivity contribution in [2.75, 3.05) is 19.7 Å². The van der Waals surface area contributed by atoms with Crippen molar-refractivity contribution in [3.05, 3.63) is 0 Å². The first kappa shape index (κ1) is 6.62. The number of hydrogen-bond acceptors (Lipinski definition) is 2. The van der Waals surface area contributed by atoms with Gasteiger partial charge in [0.15, 0.2) is 0 Å². The predicted octanol–water partition coefficient (Wildman–Crippen LogP) is 0.224. The van der Waals surface area contributed by atoms with E-state index >= 15 is 0 Å². The smallest absolute Gasteiger partial charge is 0.0436 e. The number of aliphatic hydroxyl groups is 1. The molecule has 1 saturated heterocycles. The highest BCUT2D eigenvalue weighted by Gasteiger charge is 2.61. The van der Waals surface area contributed by atoms with Gasteiger partial charge in [-0.2, -0.15) is 0 Å². The Labute approximate surface area is 61.6 Å². The van der Waals surface area contributed by atoms with Crippen molar-refractivity contribution in [3.63, 3.8) is 0 Å². The molecule has 0 aromatic heterocycles. The van der Waals surface area contributed by atoms with Crippen LogP contribution < -0.4 is 5.32 Å². The first-order valence-corrected chi connectivity index (χ1v) is 4.10. The second-order valence-electron chi connectivity index (χ2n) is 3.85. The number of rotatable bonds is 2. The molecule has 1 saturated carbocycles. The molecule has 0 bridgehead atoms. The molecule has 58 valence electrons. The SMILES string of the molecule is CC1(CCO)[C@@H]2CNC[C@@H]21. The molecule has 2 heteroatoms. The van der Waals surface area contributed by atoms with Gasteiger partial charge in [0.05, 0.1) is 0 Å². The molecule has 0 aromatic carbocycles. The Bertz CT molecular complexity index is 136. The van der Waals surface area contributed by atoms with Crippen LogP contribution in [0.3, 0.4) is 0 Å². The summed E-state index contributed by atoms with van der Waals surface area (Å²) < 4.78 is 0. The Balaban J connectivity index is 1.96. The highest BCUT2D eigenvalue weighted by atomic mass is 16.3. The van der Waals surface area contributed by atoms with Crippen molar-refractivity contribution >= 4 is 0 Å². The topological polar surface area (TPSA) is 32.3 Å². The molecule has 1 aliphatic heterocycles. The zero-order valence-electron chi connectivity index (χ0n) is 6.43. The largest absolute Gasteiger partial charge is 0.396 e. The van der Waals surface area contributed by atoms with Crippen LogP contribution in [0.1, 0.15) is 13.3 Å². The second kappa shape index (κ2) is 1.95. The van der Waals surface area contributed by atoms with E-state index in [0.717, 1.165) is 18.3 Å². The van der Waals surface area contributed by atoms with E-state index in [2.05, 4.69) is 12.2 Å². The van der Waals surface area contributed by atoms with Gasteiger partial charge in [0, 0.05) is 6.61 Å². The molecule has 0 amide bonds. The van der Waals surface area contributed by atoms with Gasteiger partial charge in [0.2, 0.25) is 0 Å². The van der Waals surface area contributed by atoms with Crippen molar-refractivity contribution in [1.82, 2.24) is 5.32 Å². The molecule has 3 atom stereocenters. The molecular formula is C8H15NO. The average Bonchev–Trinajstić information content (AvgIpc) is 2.30. The first-order chi connectivity index (χ1) is 4.79. The lowest BCUT2D eigenvalue weighted by Gasteiger charge is -2.12. The number of aliphatic hydroxyl groups excluding tert-OH is 1. The zero-order valence-corrected chi connectivity index (χ0v) is 6.43. The Morgan fingerprint density at radius 3 is 2.60 bits per heavy atom. The fourth-order valence-corrected chi connectivity index (χ4v) is 2.52. The van der Waals surface area contributed by atoms with Gasteiger partial charge in [-0.25, -0.2) is 0 Å². The summed E-state index contributed by atoms with van der Waals surface area (Å²) in [7, 11) is 0. The molecule has 1 heterocycles. The zero-order chi connectivity index (χ0) is 7.19. The first-order valence-electron chi connectivity index (χ1n) is 4.10. The number of fused-ring (bicyclic) bond motifs is 1. The quantitative estimate of drug-likeness (QED) is 0.576. The van der Waals surface area contributed by atoms with E-state index in [4.69, 9.17) is 5.11 Å². The average molecular weight is 141 g/mol. The van der Waals surface area contributed by atoms with Crippen LogP contribution in [0.15, 0.2) is 0 Å². The van der Waals surface area contributed by atoms with Gasteiger partial charge in [0.25, 0.3) is 0 Å². The number of hydrogen-bond donors (Lipinski definition) is 2. The minimum Gasteiger partial charge on any atom is -0.396 e.